The Hall–Kier alpha value is -0.930. The van der Waals surface area contributed by atoms with Crippen molar-refractivity contribution in [3.63, 3.8) is 0 Å². The van der Waals surface area contributed by atoms with Gasteiger partial charge in [0.15, 0.2) is 0 Å². The van der Waals surface area contributed by atoms with E-state index < -0.39 is 0 Å². The van der Waals surface area contributed by atoms with Gasteiger partial charge in [-0.15, -0.1) is 11.6 Å². The second-order valence-electron chi connectivity index (χ2n) is 4.47. The number of anilines is 1. The molecule has 1 aromatic carbocycles. The summed E-state index contributed by atoms with van der Waals surface area (Å²) < 4.78 is 5.52. The Balaban J connectivity index is 2.51. The van der Waals surface area contributed by atoms with Crippen LogP contribution in [0.5, 0.6) is 5.75 Å². The van der Waals surface area contributed by atoms with Crippen LogP contribution in [0.4, 0.5) is 5.69 Å². The van der Waals surface area contributed by atoms with Gasteiger partial charge in [0.05, 0.1) is 12.5 Å². The summed E-state index contributed by atoms with van der Waals surface area (Å²) in [5, 5.41) is 3.40. The van der Waals surface area contributed by atoms with Gasteiger partial charge in [-0.2, -0.15) is 0 Å². The molecule has 0 aromatic heterocycles. The lowest BCUT2D eigenvalue weighted by molar-refractivity contribution is 0.337. The van der Waals surface area contributed by atoms with Crippen LogP contribution in [0.1, 0.15) is 18.9 Å². The van der Waals surface area contributed by atoms with Crippen LogP contribution in [-0.4, -0.2) is 38.7 Å². The topological polar surface area (TPSA) is 24.5 Å². The Morgan fingerprint density at radius 2 is 2.11 bits per heavy atom. The lowest BCUT2D eigenvalue weighted by Gasteiger charge is -2.13. The summed E-state index contributed by atoms with van der Waals surface area (Å²) in [7, 11) is 4.17. The lowest BCUT2D eigenvalue weighted by atomic mass is 10.2. The average molecular weight is 271 g/mol. The summed E-state index contributed by atoms with van der Waals surface area (Å²) in [6.07, 6.45) is 1.12. The molecular formula is C14H23ClN2O. The number of nitrogens with one attached hydrogen (secondary N) is 1. The number of benzene rings is 1. The Morgan fingerprint density at radius 1 is 1.33 bits per heavy atom. The molecule has 0 aliphatic rings. The summed E-state index contributed by atoms with van der Waals surface area (Å²) in [5.41, 5.74) is 2.14. The Bertz CT molecular complexity index is 356. The van der Waals surface area contributed by atoms with Gasteiger partial charge in [-0.25, -0.2) is 0 Å². The van der Waals surface area contributed by atoms with E-state index in [2.05, 4.69) is 30.4 Å². The third-order valence-corrected chi connectivity index (χ3v) is 2.90. The Kier molecular flexibility index (Phi) is 6.91. The second-order valence-corrected chi connectivity index (χ2v) is 4.74. The molecular weight excluding hydrogens is 248 g/mol. The van der Waals surface area contributed by atoms with E-state index in [4.69, 9.17) is 16.3 Å². The van der Waals surface area contributed by atoms with E-state index in [0.717, 1.165) is 36.5 Å². The number of hydrogen-bond acceptors (Lipinski definition) is 3. The highest BCUT2D eigenvalue weighted by Crippen LogP contribution is 2.24. The maximum atomic E-state index is 5.93. The number of ether oxygens (including phenoxy) is 1. The van der Waals surface area contributed by atoms with E-state index in [-0.39, 0.29) is 0 Å². The van der Waals surface area contributed by atoms with Crippen LogP contribution in [0, 0.1) is 0 Å². The molecule has 1 N–H and O–H groups in total. The molecule has 0 saturated carbocycles. The summed E-state index contributed by atoms with van der Waals surface area (Å²) in [6.45, 7) is 4.70. The maximum Gasteiger partial charge on any atom is 0.123 e. The first-order valence-electron chi connectivity index (χ1n) is 6.37. The molecule has 0 spiro atoms. The number of hydrogen-bond donors (Lipinski definition) is 1. The summed E-state index contributed by atoms with van der Waals surface area (Å²) in [6, 6.07) is 6.08. The van der Waals surface area contributed by atoms with Gasteiger partial charge in [0.1, 0.15) is 5.75 Å². The predicted octanol–water partition coefficient (Wildman–Crippen LogP) is 3.19. The van der Waals surface area contributed by atoms with Crippen LogP contribution >= 0.6 is 11.6 Å². The summed E-state index contributed by atoms with van der Waals surface area (Å²) in [4.78, 5) is 2.18. The summed E-state index contributed by atoms with van der Waals surface area (Å²) in [5.74, 6) is 1.36. The van der Waals surface area contributed by atoms with Gasteiger partial charge in [-0.05, 0) is 52.2 Å². The van der Waals surface area contributed by atoms with Crippen LogP contribution < -0.4 is 10.1 Å². The van der Waals surface area contributed by atoms with Crippen molar-refractivity contribution in [2.24, 2.45) is 0 Å². The predicted molar refractivity (Wildman–Crippen MR) is 78.8 cm³/mol. The average Bonchev–Trinajstić information content (AvgIpc) is 2.36. The summed E-state index contributed by atoms with van der Waals surface area (Å²) >= 11 is 5.93. The highest BCUT2D eigenvalue weighted by atomic mass is 35.5. The molecule has 102 valence electrons. The third-order valence-electron chi connectivity index (χ3n) is 2.62. The molecule has 4 heteroatoms. The zero-order chi connectivity index (χ0) is 13.4. The van der Waals surface area contributed by atoms with Crippen molar-refractivity contribution in [1.29, 1.82) is 0 Å². The smallest absolute Gasteiger partial charge is 0.123 e. The standard InChI is InChI=1S/C14H23ClN2O/c1-4-18-14-7-6-13(10-12(14)11-15)16-8-5-9-17(2)3/h6-7,10,16H,4-5,8-9,11H2,1-3H3. The van der Waals surface area contributed by atoms with Crippen molar-refractivity contribution >= 4 is 17.3 Å². The quantitative estimate of drug-likeness (QED) is 0.580. The first-order valence-corrected chi connectivity index (χ1v) is 6.91. The van der Waals surface area contributed by atoms with E-state index in [1.165, 1.54) is 0 Å². The zero-order valence-corrected chi connectivity index (χ0v) is 12.3. The number of rotatable bonds is 8. The van der Waals surface area contributed by atoms with Crippen molar-refractivity contribution in [3.05, 3.63) is 23.8 Å². The van der Waals surface area contributed by atoms with Gasteiger partial charge in [0, 0.05) is 17.8 Å². The molecule has 0 aliphatic carbocycles. The van der Waals surface area contributed by atoms with Crippen LogP contribution in [-0.2, 0) is 5.88 Å². The van der Waals surface area contributed by atoms with Crippen LogP contribution in [0.25, 0.3) is 0 Å². The molecule has 0 radical (unpaired) electrons. The van der Waals surface area contributed by atoms with Gasteiger partial charge < -0.3 is 15.0 Å². The minimum absolute atomic E-state index is 0.475. The number of alkyl halides is 1. The molecule has 1 rings (SSSR count). The highest BCUT2D eigenvalue weighted by Gasteiger charge is 2.03. The molecule has 0 bridgehead atoms. The minimum atomic E-state index is 0.475. The third kappa shape index (κ3) is 5.15. The molecule has 0 aliphatic heterocycles. The molecule has 3 nitrogen and oxygen atoms in total. The molecule has 1 aromatic rings. The molecule has 0 amide bonds. The van der Waals surface area contributed by atoms with E-state index in [9.17, 15) is 0 Å². The van der Waals surface area contributed by atoms with Crippen molar-refractivity contribution in [1.82, 2.24) is 4.90 Å². The van der Waals surface area contributed by atoms with Gasteiger partial charge in [-0.3, -0.25) is 0 Å². The van der Waals surface area contributed by atoms with Crippen molar-refractivity contribution < 1.29 is 4.74 Å². The monoisotopic (exact) mass is 270 g/mol. The first kappa shape index (κ1) is 15.1. The van der Waals surface area contributed by atoms with E-state index >= 15 is 0 Å². The normalized spacial score (nSPS) is 10.7. The number of nitrogens with zero attached hydrogens (tertiary/aromatic N) is 1. The first-order chi connectivity index (χ1) is 8.67. The van der Waals surface area contributed by atoms with Gasteiger partial charge in [0.2, 0.25) is 0 Å². The minimum Gasteiger partial charge on any atom is -0.494 e. The second kappa shape index (κ2) is 8.22. The molecule has 18 heavy (non-hydrogen) atoms. The zero-order valence-electron chi connectivity index (χ0n) is 11.5. The van der Waals surface area contributed by atoms with E-state index in [0.29, 0.717) is 12.5 Å². The molecule has 0 unspecified atom stereocenters. The van der Waals surface area contributed by atoms with Crippen molar-refractivity contribution in [2.75, 3.05) is 39.1 Å². The fraction of sp³-hybridized carbons (Fsp3) is 0.571. The number of halogens is 1. The van der Waals surface area contributed by atoms with Gasteiger partial charge >= 0.3 is 0 Å². The molecule has 0 atom stereocenters. The van der Waals surface area contributed by atoms with Crippen LogP contribution in [0.2, 0.25) is 0 Å². The Labute approximate surface area is 115 Å². The molecule has 0 saturated heterocycles. The maximum absolute atomic E-state index is 5.93. The Morgan fingerprint density at radius 3 is 2.72 bits per heavy atom. The van der Waals surface area contributed by atoms with Crippen molar-refractivity contribution in [2.45, 2.75) is 19.2 Å². The van der Waals surface area contributed by atoms with E-state index in [1.807, 2.05) is 19.1 Å². The fourth-order valence-corrected chi connectivity index (χ4v) is 1.93. The van der Waals surface area contributed by atoms with Crippen molar-refractivity contribution in [3.8, 4) is 5.75 Å². The van der Waals surface area contributed by atoms with E-state index in [1.54, 1.807) is 0 Å². The fourth-order valence-electron chi connectivity index (χ4n) is 1.72. The molecule has 0 heterocycles. The molecule has 0 fully saturated rings. The van der Waals surface area contributed by atoms with Crippen LogP contribution in [0.15, 0.2) is 18.2 Å². The largest absolute Gasteiger partial charge is 0.494 e. The highest BCUT2D eigenvalue weighted by molar-refractivity contribution is 6.17. The van der Waals surface area contributed by atoms with Gasteiger partial charge in [-0.1, -0.05) is 0 Å². The lowest BCUT2D eigenvalue weighted by Crippen LogP contribution is -2.16. The SMILES string of the molecule is CCOc1ccc(NCCCN(C)C)cc1CCl. The van der Waals surface area contributed by atoms with Gasteiger partial charge in [0.25, 0.3) is 0 Å². The van der Waals surface area contributed by atoms with Crippen LogP contribution in [0.3, 0.4) is 0 Å².